The van der Waals surface area contributed by atoms with E-state index in [0.717, 1.165) is 13.0 Å². The van der Waals surface area contributed by atoms with Gasteiger partial charge in [-0.2, -0.15) is 0 Å². The number of rotatable bonds is 7. The Bertz CT molecular complexity index is 498. The Morgan fingerprint density at radius 3 is 2.38 bits per heavy atom. The topological polar surface area (TPSA) is 12.0 Å². The van der Waals surface area contributed by atoms with Gasteiger partial charge in [0.1, 0.15) is 0 Å². The predicted molar refractivity (Wildman–Crippen MR) is 107 cm³/mol. The highest BCUT2D eigenvalue weighted by atomic mass is 14.9. The summed E-state index contributed by atoms with van der Waals surface area (Å²) >= 11 is 0. The van der Waals surface area contributed by atoms with Crippen LogP contribution in [0.4, 0.5) is 0 Å². The Labute approximate surface area is 150 Å². The molecular formula is C23H39N. The summed E-state index contributed by atoms with van der Waals surface area (Å²) in [6, 6.07) is 0. The lowest BCUT2D eigenvalue weighted by atomic mass is 9.75. The third kappa shape index (κ3) is 5.01. The van der Waals surface area contributed by atoms with Gasteiger partial charge >= 0.3 is 0 Å². The summed E-state index contributed by atoms with van der Waals surface area (Å²) in [5, 5.41) is 3.70. The van der Waals surface area contributed by atoms with E-state index in [1.807, 2.05) is 0 Å². The molecule has 0 aromatic rings. The molecule has 1 nitrogen and oxygen atoms in total. The molecule has 2 aliphatic carbocycles. The highest BCUT2D eigenvalue weighted by Gasteiger charge is 2.27. The zero-order valence-corrected chi connectivity index (χ0v) is 16.8. The van der Waals surface area contributed by atoms with Crippen LogP contribution in [0.5, 0.6) is 0 Å². The van der Waals surface area contributed by atoms with Crippen LogP contribution >= 0.6 is 0 Å². The van der Waals surface area contributed by atoms with Crippen molar-refractivity contribution in [1.29, 1.82) is 0 Å². The van der Waals surface area contributed by atoms with Crippen molar-refractivity contribution in [2.24, 2.45) is 17.3 Å². The van der Waals surface area contributed by atoms with E-state index < -0.39 is 0 Å². The summed E-state index contributed by atoms with van der Waals surface area (Å²) in [4.78, 5) is 0. The second kappa shape index (κ2) is 8.41. The Kier molecular flexibility index (Phi) is 6.78. The van der Waals surface area contributed by atoms with E-state index in [4.69, 9.17) is 0 Å². The van der Waals surface area contributed by atoms with E-state index in [2.05, 4.69) is 52.6 Å². The summed E-state index contributed by atoms with van der Waals surface area (Å²) in [5.74, 6) is 1.25. The van der Waals surface area contributed by atoms with Crippen LogP contribution < -0.4 is 5.32 Å². The molecule has 0 amide bonds. The van der Waals surface area contributed by atoms with E-state index in [1.165, 1.54) is 50.6 Å². The van der Waals surface area contributed by atoms with Crippen molar-refractivity contribution in [3.05, 3.63) is 35.1 Å². The molecule has 0 atom stereocenters. The van der Waals surface area contributed by atoms with Crippen molar-refractivity contribution in [3.63, 3.8) is 0 Å². The van der Waals surface area contributed by atoms with Gasteiger partial charge in [-0.05, 0) is 54.1 Å². The van der Waals surface area contributed by atoms with Gasteiger partial charge < -0.3 is 5.32 Å². The van der Waals surface area contributed by atoms with Crippen molar-refractivity contribution in [1.82, 2.24) is 5.32 Å². The fraction of sp³-hybridized carbons (Fsp3) is 0.739. The molecular weight excluding hydrogens is 290 g/mol. The minimum atomic E-state index is 0.472. The Balaban J connectivity index is 2.03. The average Bonchev–Trinajstić information content (AvgIpc) is 2.53. The van der Waals surface area contributed by atoms with Crippen LogP contribution in [0.2, 0.25) is 0 Å². The van der Waals surface area contributed by atoms with Crippen molar-refractivity contribution in [2.45, 2.75) is 86.0 Å². The molecule has 0 bridgehead atoms. The van der Waals surface area contributed by atoms with Gasteiger partial charge in [0, 0.05) is 18.7 Å². The number of hydrogen-bond acceptors (Lipinski definition) is 1. The zero-order chi connectivity index (χ0) is 17.7. The highest BCUT2D eigenvalue weighted by molar-refractivity contribution is 5.42. The van der Waals surface area contributed by atoms with Gasteiger partial charge in [-0.25, -0.2) is 0 Å². The lowest BCUT2D eigenvalue weighted by molar-refractivity contribution is 0.213. The minimum Gasteiger partial charge on any atom is -0.388 e. The SMILES string of the molecule is C=C(CC1=C(C(C)C)CCC=C1C(C)C)NCC1(C)CCCCC1. The van der Waals surface area contributed by atoms with Crippen molar-refractivity contribution in [3.8, 4) is 0 Å². The summed E-state index contributed by atoms with van der Waals surface area (Å²) in [7, 11) is 0. The van der Waals surface area contributed by atoms with E-state index in [9.17, 15) is 0 Å². The second-order valence-electron chi connectivity index (χ2n) is 9.02. The first-order valence-corrected chi connectivity index (χ1v) is 10.2. The lowest BCUT2D eigenvalue weighted by Crippen LogP contribution is -2.33. The smallest absolute Gasteiger partial charge is 0.0197 e. The van der Waals surface area contributed by atoms with Crippen molar-refractivity contribution < 1.29 is 0 Å². The molecule has 0 heterocycles. The Morgan fingerprint density at radius 1 is 1.12 bits per heavy atom. The summed E-state index contributed by atoms with van der Waals surface area (Å²) in [6.07, 6.45) is 12.9. The van der Waals surface area contributed by atoms with Crippen LogP contribution in [-0.2, 0) is 0 Å². The molecule has 1 N–H and O–H groups in total. The summed E-state index contributed by atoms with van der Waals surface area (Å²) in [5.41, 5.74) is 6.49. The largest absolute Gasteiger partial charge is 0.388 e. The van der Waals surface area contributed by atoms with Crippen LogP contribution in [0.25, 0.3) is 0 Å². The normalized spacial score (nSPS) is 21.2. The molecule has 0 aliphatic heterocycles. The number of hydrogen-bond donors (Lipinski definition) is 1. The summed E-state index contributed by atoms with van der Waals surface area (Å²) in [6.45, 7) is 17.3. The molecule has 0 unspecified atom stereocenters. The number of allylic oxidation sites excluding steroid dienone is 4. The third-order valence-electron chi connectivity index (χ3n) is 6.05. The molecule has 1 heteroatoms. The average molecular weight is 330 g/mol. The first kappa shape index (κ1) is 19.3. The molecule has 1 fully saturated rings. The van der Waals surface area contributed by atoms with E-state index in [-0.39, 0.29) is 0 Å². The van der Waals surface area contributed by atoms with E-state index in [1.54, 1.807) is 16.7 Å². The minimum absolute atomic E-state index is 0.472. The van der Waals surface area contributed by atoms with Crippen LogP contribution in [0.15, 0.2) is 35.1 Å². The van der Waals surface area contributed by atoms with E-state index >= 15 is 0 Å². The second-order valence-corrected chi connectivity index (χ2v) is 9.02. The zero-order valence-electron chi connectivity index (χ0n) is 16.8. The van der Waals surface area contributed by atoms with Gasteiger partial charge in [0.2, 0.25) is 0 Å². The monoisotopic (exact) mass is 329 g/mol. The van der Waals surface area contributed by atoms with Crippen molar-refractivity contribution in [2.75, 3.05) is 6.54 Å². The van der Waals surface area contributed by atoms with Crippen molar-refractivity contribution >= 4 is 0 Å². The quantitative estimate of drug-likeness (QED) is 0.543. The van der Waals surface area contributed by atoms with Gasteiger partial charge in [0.25, 0.3) is 0 Å². The van der Waals surface area contributed by atoms with Gasteiger partial charge in [0.15, 0.2) is 0 Å². The lowest BCUT2D eigenvalue weighted by Gasteiger charge is -2.35. The highest BCUT2D eigenvalue weighted by Crippen LogP contribution is 2.38. The van der Waals surface area contributed by atoms with Gasteiger partial charge in [0.05, 0.1) is 0 Å². The molecule has 24 heavy (non-hydrogen) atoms. The molecule has 0 aromatic carbocycles. The molecule has 136 valence electrons. The molecule has 2 aliphatic rings. The summed E-state index contributed by atoms with van der Waals surface area (Å²) < 4.78 is 0. The van der Waals surface area contributed by atoms with E-state index in [0.29, 0.717) is 17.3 Å². The molecule has 1 saturated carbocycles. The maximum absolute atomic E-state index is 4.38. The number of nitrogens with one attached hydrogen (secondary N) is 1. The predicted octanol–water partition coefficient (Wildman–Crippen LogP) is 6.78. The standard InChI is InChI=1S/C23H39N/c1-17(2)20-11-10-12-21(18(3)4)22(20)15-19(5)24-16-23(6)13-8-7-9-14-23/h11,17-18,24H,5,7-10,12-16H2,1-4,6H3. The first-order valence-electron chi connectivity index (χ1n) is 10.2. The van der Waals surface area contributed by atoms with Crippen LogP contribution in [-0.4, -0.2) is 6.54 Å². The maximum atomic E-state index is 4.38. The fourth-order valence-corrected chi connectivity index (χ4v) is 4.48. The molecule has 2 rings (SSSR count). The van der Waals surface area contributed by atoms with Gasteiger partial charge in [-0.1, -0.05) is 72.1 Å². The molecule has 0 aromatic heterocycles. The Hall–Kier alpha value is -0.980. The molecule has 0 radical (unpaired) electrons. The van der Waals surface area contributed by atoms with Crippen LogP contribution in [0.3, 0.4) is 0 Å². The Morgan fingerprint density at radius 2 is 1.79 bits per heavy atom. The fourth-order valence-electron chi connectivity index (χ4n) is 4.48. The maximum Gasteiger partial charge on any atom is 0.0197 e. The van der Waals surface area contributed by atoms with Gasteiger partial charge in [-0.15, -0.1) is 0 Å². The molecule has 0 saturated heterocycles. The van der Waals surface area contributed by atoms with Crippen LogP contribution in [0.1, 0.15) is 86.0 Å². The third-order valence-corrected chi connectivity index (χ3v) is 6.05. The van der Waals surface area contributed by atoms with Crippen LogP contribution in [0, 0.1) is 17.3 Å². The first-order chi connectivity index (χ1) is 11.3. The molecule has 0 spiro atoms. The van der Waals surface area contributed by atoms with Gasteiger partial charge in [-0.3, -0.25) is 0 Å².